The van der Waals surface area contributed by atoms with Crippen molar-refractivity contribution in [1.29, 1.82) is 5.26 Å². The first kappa shape index (κ1) is 7.55. The number of hydrogen-bond donors (Lipinski definition) is 0. The van der Waals surface area contributed by atoms with E-state index in [1.807, 2.05) is 0 Å². The summed E-state index contributed by atoms with van der Waals surface area (Å²) in [5.41, 5.74) is 0.732. The summed E-state index contributed by atoms with van der Waals surface area (Å²) in [4.78, 5) is 0. The van der Waals surface area contributed by atoms with Crippen LogP contribution in [0.15, 0.2) is 18.2 Å². The summed E-state index contributed by atoms with van der Waals surface area (Å²) >= 11 is 0. The maximum atomic E-state index is 12.6. The van der Waals surface area contributed by atoms with Gasteiger partial charge in [-0.25, -0.2) is 4.39 Å². The first-order valence-electron chi connectivity index (χ1n) is 3.05. The number of hydrogen-bond acceptors (Lipinski definition) is 2. The highest BCUT2D eigenvalue weighted by Crippen LogP contribution is 2.14. The Balaban J connectivity index is 3.01. The highest BCUT2D eigenvalue weighted by atomic mass is 19.1. The molecule has 1 aromatic rings. The highest BCUT2D eigenvalue weighted by Gasteiger charge is 1.97. The van der Waals surface area contributed by atoms with Crippen LogP contribution >= 0.6 is 0 Å². The molecule has 0 fully saturated rings. The molecular weight excluding hydrogens is 145 g/mol. The van der Waals surface area contributed by atoms with Gasteiger partial charge in [-0.3, -0.25) is 0 Å². The van der Waals surface area contributed by atoms with Gasteiger partial charge in [-0.15, -0.1) is 5.26 Å². The Hall–Kier alpha value is -1.56. The Morgan fingerprint density at radius 1 is 1.45 bits per heavy atom. The third-order valence-electron chi connectivity index (χ3n) is 1.18. The molecule has 3 heteroatoms. The summed E-state index contributed by atoms with van der Waals surface area (Å²) in [5, 5.41) is 8.11. The average molecular weight is 151 g/mol. The van der Waals surface area contributed by atoms with E-state index in [9.17, 15) is 4.39 Å². The van der Waals surface area contributed by atoms with E-state index in [4.69, 9.17) is 5.26 Å². The smallest absolute Gasteiger partial charge is 0.292 e. The molecule has 0 N–H and O–H groups in total. The van der Waals surface area contributed by atoms with Crippen LogP contribution in [0.5, 0.6) is 5.75 Å². The lowest BCUT2D eigenvalue weighted by Gasteiger charge is -1.97. The van der Waals surface area contributed by atoms with E-state index in [0.717, 1.165) is 11.6 Å². The molecule has 0 spiro atoms. The molecule has 0 radical (unpaired) electrons. The molecule has 1 rings (SSSR count). The van der Waals surface area contributed by atoms with Gasteiger partial charge in [0.15, 0.2) is 0 Å². The summed E-state index contributed by atoms with van der Waals surface area (Å²) in [6.45, 7) is 1.73. The van der Waals surface area contributed by atoms with Gasteiger partial charge in [-0.05, 0) is 24.6 Å². The molecule has 0 unspecified atom stereocenters. The van der Waals surface area contributed by atoms with Crippen molar-refractivity contribution in [2.75, 3.05) is 0 Å². The normalized spacial score (nSPS) is 8.82. The Morgan fingerprint density at radius 2 is 2.18 bits per heavy atom. The number of nitrogens with zero attached hydrogens (tertiary/aromatic N) is 1. The van der Waals surface area contributed by atoms with E-state index in [1.54, 1.807) is 13.0 Å². The number of rotatable bonds is 1. The maximum Gasteiger partial charge on any atom is 0.292 e. The Morgan fingerprint density at radius 3 is 2.73 bits per heavy atom. The van der Waals surface area contributed by atoms with Crippen LogP contribution in [0.4, 0.5) is 4.39 Å². The molecule has 0 atom stereocenters. The topological polar surface area (TPSA) is 33.0 Å². The SMILES string of the molecule is Cc1cc(F)cc(OC#N)c1. The van der Waals surface area contributed by atoms with Crippen LogP contribution in [0.25, 0.3) is 0 Å². The minimum atomic E-state index is -0.393. The Labute approximate surface area is 63.8 Å². The molecule has 0 aliphatic heterocycles. The molecule has 0 heterocycles. The zero-order chi connectivity index (χ0) is 8.27. The summed E-state index contributed by atoms with van der Waals surface area (Å²) in [7, 11) is 0. The molecule has 0 saturated heterocycles. The van der Waals surface area contributed by atoms with Crippen molar-refractivity contribution >= 4 is 0 Å². The Kier molecular flexibility index (Phi) is 2.07. The molecular formula is C8H6FNO. The van der Waals surface area contributed by atoms with Gasteiger partial charge in [0.25, 0.3) is 6.26 Å². The molecule has 2 nitrogen and oxygen atoms in total. The molecule has 0 bridgehead atoms. The molecule has 56 valence electrons. The number of benzene rings is 1. The van der Waals surface area contributed by atoms with Gasteiger partial charge < -0.3 is 4.74 Å². The number of ether oxygens (including phenoxy) is 1. The van der Waals surface area contributed by atoms with Crippen molar-refractivity contribution in [1.82, 2.24) is 0 Å². The summed E-state index contributed by atoms with van der Waals surface area (Å²) < 4.78 is 17.0. The lowest BCUT2D eigenvalue weighted by Crippen LogP contribution is -1.84. The van der Waals surface area contributed by atoms with Gasteiger partial charge >= 0.3 is 0 Å². The molecule has 0 aromatic heterocycles. The minimum Gasteiger partial charge on any atom is -0.388 e. The quantitative estimate of drug-likeness (QED) is 0.575. The van der Waals surface area contributed by atoms with Crippen molar-refractivity contribution in [2.24, 2.45) is 0 Å². The summed E-state index contributed by atoms with van der Waals surface area (Å²) in [6.07, 6.45) is 1.47. The van der Waals surface area contributed by atoms with E-state index in [-0.39, 0.29) is 5.75 Å². The summed E-state index contributed by atoms with van der Waals surface area (Å²) in [5.74, 6) is -0.153. The standard InChI is InChI=1S/C8H6FNO/c1-6-2-7(9)4-8(3-6)11-5-10/h2-4H,1H3. The second kappa shape index (κ2) is 3.02. The van der Waals surface area contributed by atoms with Crippen LogP contribution < -0.4 is 4.74 Å². The molecule has 0 aliphatic rings. The number of aryl methyl sites for hydroxylation is 1. The lowest BCUT2D eigenvalue weighted by atomic mass is 10.2. The lowest BCUT2D eigenvalue weighted by molar-refractivity contribution is 0.499. The third kappa shape index (κ3) is 1.94. The van der Waals surface area contributed by atoms with Crippen LogP contribution in [0.2, 0.25) is 0 Å². The van der Waals surface area contributed by atoms with Gasteiger partial charge in [0.05, 0.1) is 0 Å². The highest BCUT2D eigenvalue weighted by molar-refractivity contribution is 5.29. The zero-order valence-corrected chi connectivity index (χ0v) is 5.97. The van der Waals surface area contributed by atoms with Crippen LogP contribution in [0, 0.1) is 24.3 Å². The van der Waals surface area contributed by atoms with Gasteiger partial charge in [-0.1, -0.05) is 0 Å². The molecule has 11 heavy (non-hydrogen) atoms. The van der Waals surface area contributed by atoms with Crippen molar-refractivity contribution in [3.05, 3.63) is 29.6 Å². The van der Waals surface area contributed by atoms with E-state index < -0.39 is 5.82 Å². The second-order valence-corrected chi connectivity index (χ2v) is 2.16. The molecule has 0 amide bonds. The fraction of sp³-hybridized carbons (Fsp3) is 0.125. The van der Waals surface area contributed by atoms with Crippen molar-refractivity contribution in [2.45, 2.75) is 6.92 Å². The van der Waals surface area contributed by atoms with Crippen LogP contribution in [-0.4, -0.2) is 0 Å². The van der Waals surface area contributed by atoms with Crippen molar-refractivity contribution in [3.8, 4) is 12.0 Å². The number of nitriles is 1. The summed E-state index contributed by atoms with van der Waals surface area (Å²) in [6, 6.07) is 4.12. The first-order chi connectivity index (χ1) is 5.22. The van der Waals surface area contributed by atoms with Crippen molar-refractivity contribution in [3.63, 3.8) is 0 Å². The fourth-order valence-electron chi connectivity index (χ4n) is 0.814. The zero-order valence-electron chi connectivity index (χ0n) is 5.97. The third-order valence-corrected chi connectivity index (χ3v) is 1.18. The first-order valence-corrected chi connectivity index (χ1v) is 3.05. The predicted octanol–water partition coefficient (Wildman–Crippen LogP) is 1.99. The molecule has 1 aromatic carbocycles. The van der Waals surface area contributed by atoms with E-state index in [0.29, 0.717) is 0 Å². The van der Waals surface area contributed by atoms with Crippen LogP contribution in [0.3, 0.4) is 0 Å². The maximum absolute atomic E-state index is 12.6. The fourth-order valence-corrected chi connectivity index (χ4v) is 0.814. The van der Waals surface area contributed by atoms with E-state index in [2.05, 4.69) is 4.74 Å². The largest absolute Gasteiger partial charge is 0.388 e. The second-order valence-electron chi connectivity index (χ2n) is 2.16. The minimum absolute atomic E-state index is 0.241. The van der Waals surface area contributed by atoms with E-state index in [1.165, 1.54) is 12.3 Å². The van der Waals surface area contributed by atoms with Crippen LogP contribution in [-0.2, 0) is 0 Å². The van der Waals surface area contributed by atoms with Crippen molar-refractivity contribution < 1.29 is 9.13 Å². The van der Waals surface area contributed by atoms with Gasteiger partial charge in [0.1, 0.15) is 11.6 Å². The van der Waals surface area contributed by atoms with E-state index >= 15 is 0 Å². The number of halogens is 1. The average Bonchev–Trinajstić information content (AvgIpc) is 1.85. The molecule has 0 saturated carbocycles. The van der Waals surface area contributed by atoms with Gasteiger partial charge in [-0.2, -0.15) is 0 Å². The Bertz CT molecular complexity index is 283. The monoisotopic (exact) mass is 151 g/mol. The molecule has 0 aliphatic carbocycles. The van der Waals surface area contributed by atoms with Gasteiger partial charge in [0, 0.05) is 6.07 Å². The van der Waals surface area contributed by atoms with Gasteiger partial charge in [0.2, 0.25) is 0 Å². The predicted molar refractivity (Wildman–Crippen MR) is 37.4 cm³/mol. The van der Waals surface area contributed by atoms with Crippen LogP contribution in [0.1, 0.15) is 5.56 Å².